The number of hydrogen-bond donors (Lipinski definition) is 2. The van der Waals surface area contributed by atoms with Gasteiger partial charge in [-0.3, -0.25) is 0 Å². The summed E-state index contributed by atoms with van der Waals surface area (Å²) < 4.78 is 5.35. The number of nitrogens with one attached hydrogen (secondary N) is 1. The third kappa shape index (κ3) is 4.02. The summed E-state index contributed by atoms with van der Waals surface area (Å²) in [6.07, 6.45) is 0.485. The molecule has 17 heavy (non-hydrogen) atoms. The number of aryl methyl sites for hydroxylation is 1. The summed E-state index contributed by atoms with van der Waals surface area (Å²) in [5, 5.41) is 12.9. The monoisotopic (exact) mass is 237 g/mol. The molecule has 0 aromatic heterocycles. The third-order valence-corrected chi connectivity index (χ3v) is 2.98. The van der Waals surface area contributed by atoms with E-state index in [4.69, 9.17) is 4.74 Å². The van der Waals surface area contributed by atoms with E-state index in [0.29, 0.717) is 6.54 Å². The second kappa shape index (κ2) is 6.62. The number of benzene rings is 1. The molecule has 0 saturated carbocycles. The van der Waals surface area contributed by atoms with Crippen LogP contribution in [0.25, 0.3) is 0 Å². The Balaban J connectivity index is 2.73. The molecule has 0 amide bonds. The van der Waals surface area contributed by atoms with E-state index in [9.17, 15) is 5.11 Å². The van der Waals surface area contributed by atoms with Gasteiger partial charge in [-0.15, -0.1) is 0 Å². The molecule has 3 heteroatoms. The van der Waals surface area contributed by atoms with Gasteiger partial charge < -0.3 is 15.2 Å². The molecule has 0 aliphatic rings. The van der Waals surface area contributed by atoms with Crippen LogP contribution in [0.3, 0.4) is 0 Å². The number of hydrogen-bond acceptors (Lipinski definition) is 3. The highest BCUT2D eigenvalue weighted by Crippen LogP contribution is 2.25. The van der Waals surface area contributed by atoms with Gasteiger partial charge in [0.05, 0.1) is 13.2 Å². The highest BCUT2D eigenvalue weighted by Gasteiger charge is 2.12. The Hall–Kier alpha value is -1.06. The number of aliphatic hydroxyl groups is 1. The first-order valence-electron chi connectivity index (χ1n) is 6.14. The van der Waals surface area contributed by atoms with Crippen LogP contribution in [-0.4, -0.2) is 24.9 Å². The van der Waals surface area contributed by atoms with Gasteiger partial charge in [0, 0.05) is 18.2 Å². The minimum atomic E-state index is -0.284. The topological polar surface area (TPSA) is 41.5 Å². The first kappa shape index (κ1) is 14.0. The first-order chi connectivity index (χ1) is 8.08. The summed E-state index contributed by atoms with van der Waals surface area (Å²) in [5.41, 5.74) is 2.35. The molecular weight excluding hydrogens is 214 g/mol. The van der Waals surface area contributed by atoms with Crippen LogP contribution in [0.2, 0.25) is 0 Å². The van der Waals surface area contributed by atoms with E-state index in [2.05, 4.69) is 25.2 Å². The molecule has 1 unspecified atom stereocenters. The average Bonchev–Trinajstić information content (AvgIpc) is 2.35. The number of methoxy groups -OCH3 is 1. The van der Waals surface area contributed by atoms with Gasteiger partial charge in [0.1, 0.15) is 5.75 Å². The fourth-order valence-electron chi connectivity index (χ4n) is 1.76. The zero-order valence-electron chi connectivity index (χ0n) is 11.2. The highest BCUT2D eigenvalue weighted by atomic mass is 16.5. The van der Waals surface area contributed by atoms with E-state index >= 15 is 0 Å². The number of aliphatic hydroxyl groups excluding tert-OH is 1. The Labute approximate surface area is 104 Å². The normalized spacial score (nSPS) is 14.4. The Kier molecular flexibility index (Phi) is 5.45. The van der Waals surface area contributed by atoms with Crippen LogP contribution < -0.4 is 10.1 Å². The maximum absolute atomic E-state index is 9.54. The van der Waals surface area contributed by atoms with Crippen molar-refractivity contribution in [2.75, 3.05) is 13.7 Å². The van der Waals surface area contributed by atoms with Gasteiger partial charge in [0.15, 0.2) is 0 Å². The molecule has 3 nitrogen and oxygen atoms in total. The van der Waals surface area contributed by atoms with E-state index in [1.54, 1.807) is 7.11 Å². The lowest BCUT2D eigenvalue weighted by atomic mass is 10.0. The van der Waals surface area contributed by atoms with Crippen LogP contribution in [0.4, 0.5) is 0 Å². The Morgan fingerprint density at radius 3 is 2.71 bits per heavy atom. The summed E-state index contributed by atoms with van der Waals surface area (Å²) in [6, 6.07) is 6.31. The largest absolute Gasteiger partial charge is 0.496 e. The molecule has 1 rings (SSSR count). The van der Waals surface area contributed by atoms with Crippen molar-refractivity contribution in [2.24, 2.45) is 0 Å². The molecule has 0 radical (unpaired) electrons. The predicted molar refractivity (Wildman–Crippen MR) is 70.4 cm³/mol. The van der Waals surface area contributed by atoms with Crippen molar-refractivity contribution in [2.45, 2.75) is 39.3 Å². The summed E-state index contributed by atoms with van der Waals surface area (Å²) in [5.74, 6) is 0.890. The van der Waals surface area contributed by atoms with Crippen LogP contribution in [-0.2, 0) is 0 Å². The van der Waals surface area contributed by atoms with Gasteiger partial charge in [-0.1, -0.05) is 24.6 Å². The second-order valence-electron chi connectivity index (χ2n) is 4.44. The van der Waals surface area contributed by atoms with Crippen molar-refractivity contribution >= 4 is 0 Å². The van der Waals surface area contributed by atoms with Gasteiger partial charge >= 0.3 is 0 Å². The van der Waals surface area contributed by atoms with Crippen LogP contribution in [0, 0.1) is 6.92 Å². The van der Waals surface area contributed by atoms with E-state index in [-0.39, 0.29) is 12.1 Å². The van der Waals surface area contributed by atoms with Crippen molar-refractivity contribution in [1.82, 2.24) is 5.32 Å². The Bertz CT molecular complexity index is 352. The lowest BCUT2D eigenvalue weighted by Crippen LogP contribution is -2.28. The summed E-state index contributed by atoms with van der Waals surface area (Å²) in [6.45, 7) is 6.73. The van der Waals surface area contributed by atoms with E-state index in [0.717, 1.165) is 17.7 Å². The summed E-state index contributed by atoms with van der Waals surface area (Å²) in [4.78, 5) is 0. The molecule has 0 aliphatic heterocycles. The third-order valence-electron chi connectivity index (χ3n) is 2.98. The van der Waals surface area contributed by atoms with Gasteiger partial charge in [-0.05, 0) is 26.3 Å². The zero-order chi connectivity index (χ0) is 12.8. The molecule has 0 saturated heterocycles. The molecule has 1 aromatic rings. The molecular formula is C14H23NO2. The van der Waals surface area contributed by atoms with Crippen molar-refractivity contribution in [3.8, 4) is 5.75 Å². The van der Waals surface area contributed by atoms with Crippen LogP contribution in [0.1, 0.15) is 37.4 Å². The fourth-order valence-corrected chi connectivity index (χ4v) is 1.76. The molecule has 2 atom stereocenters. The summed E-state index contributed by atoms with van der Waals surface area (Å²) >= 11 is 0. The van der Waals surface area contributed by atoms with Gasteiger partial charge in [-0.25, -0.2) is 0 Å². The molecule has 0 fully saturated rings. The number of ether oxygens (including phenoxy) is 1. The quantitative estimate of drug-likeness (QED) is 0.798. The van der Waals surface area contributed by atoms with E-state index < -0.39 is 0 Å². The van der Waals surface area contributed by atoms with E-state index in [1.165, 1.54) is 5.56 Å². The average molecular weight is 237 g/mol. The van der Waals surface area contributed by atoms with Crippen molar-refractivity contribution in [1.29, 1.82) is 0 Å². The Morgan fingerprint density at radius 2 is 2.12 bits per heavy atom. The maximum Gasteiger partial charge on any atom is 0.123 e. The van der Waals surface area contributed by atoms with Crippen LogP contribution >= 0.6 is 0 Å². The van der Waals surface area contributed by atoms with E-state index in [1.807, 2.05) is 19.1 Å². The smallest absolute Gasteiger partial charge is 0.123 e. The Morgan fingerprint density at radius 1 is 1.41 bits per heavy atom. The van der Waals surface area contributed by atoms with Gasteiger partial charge in [0.2, 0.25) is 0 Å². The first-order valence-corrected chi connectivity index (χ1v) is 6.14. The molecule has 1 aromatic carbocycles. The van der Waals surface area contributed by atoms with Crippen molar-refractivity contribution < 1.29 is 9.84 Å². The van der Waals surface area contributed by atoms with Crippen molar-refractivity contribution in [3.63, 3.8) is 0 Å². The minimum Gasteiger partial charge on any atom is -0.496 e. The molecule has 0 bridgehead atoms. The molecule has 2 N–H and O–H groups in total. The maximum atomic E-state index is 9.54. The van der Waals surface area contributed by atoms with Gasteiger partial charge in [0.25, 0.3) is 0 Å². The second-order valence-corrected chi connectivity index (χ2v) is 4.44. The molecule has 0 aliphatic carbocycles. The lowest BCUT2D eigenvalue weighted by molar-refractivity contribution is 0.163. The molecule has 96 valence electrons. The van der Waals surface area contributed by atoms with Crippen LogP contribution in [0.5, 0.6) is 5.75 Å². The standard InChI is InChI=1S/C14H23NO2/c1-5-12(16)9-15-11(3)13-8-10(2)6-7-14(13)17-4/h6-8,11-12,15-16H,5,9H2,1-4H3/t11?,12-/m1/s1. The van der Waals surface area contributed by atoms with Crippen LogP contribution in [0.15, 0.2) is 18.2 Å². The van der Waals surface area contributed by atoms with Gasteiger partial charge in [-0.2, -0.15) is 0 Å². The zero-order valence-corrected chi connectivity index (χ0v) is 11.2. The minimum absolute atomic E-state index is 0.172. The SMILES string of the molecule is CC[C@@H](O)CNC(C)c1cc(C)ccc1OC. The highest BCUT2D eigenvalue weighted by molar-refractivity contribution is 5.38. The molecule has 0 spiro atoms. The fraction of sp³-hybridized carbons (Fsp3) is 0.571. The summed E-state index contributed by atoms with van der Waals surface area (Å²) in [7, 11) is 1.68. The lowest BCUT2D eigenvalue weighted by Gasteiger charge is -2.19. The molecule has 0 heterocycles. The predicted octanol–water partition coefficient (Wildman–Crippen LogP) is 2.43. The number of rotatable bonds is 6. The van der Waals surface area contributed by atoms with Crippen molar-refractivity contribution in [3.05, 3.63) is 29.3 Å².